The molecule has 2 atom stereocenters. The molecule has 1 aliphatic rings. The van der Waals surface area contributed by atoms with Crippen LogP contribution < -0.4 is 5.32 Å². The van der Waals surface area contributed by atoms with Crippen LogP contribution in [0.15, 0.2) is 24.3 Å². The molecule has 17 heavy (non-hydrogen) atoms. The summed E-state index contributed by atoms with van der Waals surface area (Å²) in [6.07, 6.45) is 6.88. The Morgan fingerprint density at radius 1 is 1.41 bits per heavy atom. The predicted molar refractivity (Wildman–Crippen MR) is 75.2 cm³/mol. The third-order valence-corrected chi connectivity index (χ3v) is 3.34. The Kier molecular flexibility index (Phi) is 4.60. The van der Waals surface area contributed by atoms with Gasteiger partial charge >= 0.3 is 6.09 Å². The van der Waals surface area contributed by atoms with E-state index in [-0.39, 0.29) is 6.10 Å². The van der Waals surface area contributed by atoms with Crippen LogP contribution in [0.1, 0.15) is 20.8 Å². The molecule has 96 valence electrons. The standard InChI is InChI=1S/C12H18INO3/c1-11(2,3)17-10(15)14-12(13)8-6-5-7-9(12)16-4/h5-9H,1-4H3,(H,14,15). The number of ether oxygens (including phenoxy) is 2. The summed E-state index contributed by atoms with van der Waals surface area (Å²) < 4.78 is 9.94. The highest BCUT2D eigenvalue weighted by Crippen LogP contribution is 2.28. The minimum atomic E-state index is -0.608. The van der Waals surface area contributed by atoms with Gasteiger partial charge in [-0.1, -0.05) is 18.2 Å². The molecule has 1 N–H and O–H groups in total. The molecule has 1 rings (SSSR count). The fourth-order valence-corrected chi connectivity index (χ4v) is 2.31. The van der Waals surface area contributed by atoms with Crippen LogP contribution in [-0.2, 0) is 9.47 Å². The summed E-state index contributed by atoms with van der Waals surface area (Å²) in [7, 11) is 1.61. The lowest BCUT2D eigenvalue weighted by Gasteiger charge is -2.33. The molecular weight excluding hydrogens is 333 g/mol. The normalized spacial score (nSPS) is 27.9. The van der Waals surface area contributed by atoms with Gasteiger partial charge in [0.1, 0.15) is 15.3 Å². The van der Waals surface area contributed by atoms with Gasteiger partial charge in [0, 0.05) is 7.11 Å². The van der Waals surface area contributed by atoms with Crippen LogP contribution in [0.3, 0.4) is 0 Å². The van der Waals surface area contributed by atoms with E-state index in [1.54, 1.807) is 7.11 Å². The molecule has 0 radical (unpaired) electrons. The fourth-order valence-electron chi connectivity index (χ4n) is 1.42. The molecule has 1 amide bonds. The smallest absolute Gasteiger partial charge is 0.409 e. The molecule has 0 saturated carbocycles. The molecule has 0 fully saturated rings. The summed E-state index contributed by atoms with van der Waals surface area (Å²) in [6, 6.07) is 0. The van der Waals surface area contributed by atoms with Crippen LogP contribution >= 0.6 is 22.6 Å². The predicted octanol–water partition coefficient (Wildman–Crippen LogP) is 2.78. The lowest BCUT2D eigenvalue weighted by Crippen LogP contribution is -2.52. The van der Waals surface area contributed by atoms with Crippen LogP contribution in [-0.4, -0.2) is 28.5 Å². The van der Waals surface area contributed by atoms with Crippen molar-refractivity contribution in [2.75, 3.05) is 7.11 Å². The molecule has 4 nitrogen and oxygen atoms in total. The van der Waals surface area contributed by atoms with Crippen molar-refractivity contribution in [1.82, 2.24) is 5.32 Å². The number of carbonyl (C=O) groups excluding carboxylic acids is 1. The summed E-state index contributed by atoms with van der Waals surface area (Å²) in [5, 5.41) is 2.82. The van der Waals surface area contributed by atoms with Gasteiger partial charge in [-0.05, 0) is 49.4 Å². The Hall–Kier alpha value is -0.560. The molecule has 0 bridgehead atoms. The Bertz CT molecular complexity index is 346. The Morgan fingerprint density at radius 3 is 2.59 bits per heavy atom. The summed E-state index contributed by atoms with van der Waals surface area (Å²) >= 11 is 2.14. The average molecular weight is 351 g/mol. The van der Waals surface area contributed by atoms with E-state index in [4.69, 9.17) is 9.47 Å². The zero-order valence-electron chi connectivity index (χ0n) is 10.5. The van der Waals surface area contributed by atoms with Crippen molar-refractivity contribution in [3.05, 3.63) is 24.3 Å². The van der Waals surface area contributed by atoms with Gasteiger partial charge in [0.15, 0.2) is 0 Å². The van der Waals surface area contributed by atoms with Crippen LogP contribution in [0.25, 0.3) is 0 Å². The molecule has 0 aromatic rings. The lowest BCUT2D eigenvalue weighted by atomic mass is 10.1. The molecule has 0 aromatic heterocycles. The topological polar surface area (TPSA) is 47.6 Å². The third-order valence-electron chi connectivity index (χ3n) is 2.10. The molecule has 0 aliphatic heterocycles. The third kappa shape index (κ3) is 4.31. The molecule has 0 spiro atoms. The minimum absolute atomic E-state index is 0.208. The van der Waals surface area contributed by atoms with Gasteiger partial charge in [0.2, 0.25) is 0 Å². The summed E-state index contributed by atoms with van der Waals surface area (Å²) in [4.78, 5) is 11.7. The Balaban J connectivity index is 2.69. The Morgan fingerprint density at radius 2 is 2.06 bits per heavy atom. The minimum Gasteiger partial charge on any atom is -0.444 e. The second-order valence-electron chi connectivity index (χ2n) is 4.80. The van der Waals surface area contributed by atoms with Crippen molar-refractivity contribution < 1.29 is 14.3 Å². The van der Waals surface area contributed by atoms with E-state index in [9.17, 15) is 4.79 Å². The summed E-state index contributed by atoms with van der Waals surface area (Å²) in [6.45, 7) is 5.49. The SMILES string of the molecule is COC1C=CC=CC1(I)NC(=O)OC(C)(C)C. The van der Waals surface area contributed by atoms with Gasteiger partial charge in [-0.15, -0.1) is 0 Å². The number of hydrogen-bond acceptors (Lipinski definition) is 3. The van der Waals surface area contributed by atoms with Crippen molar-refractivity contribution in [3.8, 4) is 0 Å². The largest absolute Gasteiger partial charge is 0.444 e. The molecule has 0 heterocycles. The first kappa shape index (κ1) is 14.5. The van der Waals surface area contributed by atoms with Gasteiger partial charge in [0.05, 0.1) is 0 Å². The highest BCUT2D eigenvalue weighted by atomic mass is 127. The van der Waals surface area contributed by atoms with E-state index in [1.807, 2.05) is 45.1 Å². The lowest BCUT2D eigenvalue weighted by molar-refractivity contribution is 0.0434. The van der Waals surface area contributed by atoms with Crippen molar-refractivity contribution in [2.45, 2.75) is 36.0 Å². The number of hydrogen-bond donors (Lipinski definition) is 1. The monoisotopic (exact) mass is 351 g/mol. The number of amides is 1. The first-order chi connectivity index (χ1) is 7.77. The average Bonchev–Trinajstić information content (AvgIpc) is 2.14. The Labute approximate surface area is 116 Å². The zero-order chi connectivity index (χ0) is 13.1. The van der Waals surface area contributed by atoms with E-state index in [0.717, 1.165) is 0 Å². The van der Waals surface area contributed by atoms with Crippen molar-refractivity contribution in [2.24, 2.45) is 0 Å². The van der Waals surface area contributed by atoms with Crippen molar-refractivity contribution >= 4 is 28.7 Å². The van der Waals surface area contributed by atoms with Crippen LogP contribution in [0.2, 0.25) is 0 Å². The van der Waals surface area contributed by atoms with Crippen molar-refractivity contribution in [3.63, 3.8) is 0 Å². The number of halogens is 1. The molecule has 0 aromatic carbocycles. The number of rotatable bonds is 2. The highest BCUT2D eigenvalue weighted by Gasteiger charge is 2.36. The zero-order valence-corrected chi connectivity index (χ0v) is 12.6. The van der Waals surface area contributed by atoms with Crippen LogP contribution in [0.5, 0.6) is 0 Å². The molecule has 5 heteroatoms. The maximum absolute atomic E-state index is 11.7. The molecule has 0 saturated heterocycles. The fraction of sp³-hybridized carbons (Fsp3) is 0.583. The van der Waals surface area contributed by atoms with E-state index in [0.29, 0.717) is 0 Å². The number of alkyl carbamates (subject to hydrolysis) is 1. The number of carbonyl (C=O) groups is 1. The second kappa shape index (κ2) is 5.39. The highest BCUT2D eigenvalue weighted by molar-refractivity contribution is 14.1. The van der Waals surface area contributed by atoms with Gasteiger partial charge < -0.3 is 14.8 Å². The van der Waals surface area contributed by atoms with Crippen LogP contribution in [0, 0.1) is 0 Å². The number of methoxy groups -OCH3 is 1. The van der Waals surface area contributed by atoms with Gasteiger partial charge in [0.25, 0.3) is 0 Å². The quantitative estimate of drug-likeness (QED) is 0.473. The van der Waals surface area contributed by atoms with Crippen LogP contribution in [0.4, 0.5) is 4.79 Å². The summed E-state index contributed by atoms with van der Waals surface area (Å²) in [5.41, 5.74) is -0.506. The van der Waals surface area contributed by atoms with Gasteiger partial charge in [-0.3, -0.25) is 0 Å². The van der Waals surface area contributed by atoms with E-state index < -0.39 is 15.2 Å². The second-order valence-corrected chi connectivity index (χ2v) is 6.58. The first-order valence-corrected chi connectivity index (χ1v) is 6.43. The number of allylic oxidation sites excluding steroid dienone is 2. The first-order valence-electron chi connectivity index (χ1n) is 5.36. The summed E-state index contributed by atoms with van der Waals surface area (Å²) in [5.74, 6) is 0. The van der Waals surface area contributed by atoms with Gasteiger partial charge in [-0.2, -0.15) is 0 Å². The molecule has 2 unspecified atom stereocenters. The maximum atomic E-state index is 11.7. The van der Waals surface area contributed by atoms with E-state index in [2.05, 4.69) is 27.9 Å². The number of alkyl halides is 1. The van der Waals surface area contributed by atoms with Gasteiger partial charge in [-0.25, -0.2) is 4.79 Å². The van der Waals surface area contributed by atoms with E-state index >= 15 is 0 Å². The molecule has 1 aliphatic carbocycles. The van der Waals surface area contributed by atoms with Crippen molar-refractivity contribution in [1.29, 1.82) is 0 Å². The molecular formula is C12H18INO3. The van der Waals surface area contributed by atoms with E-state index in [1.165, 1.54) is 0 Å². The maximum Gasteiger partial charge on any atom is 0.409 e. The number of nitrogens with one attached hydrogen (secondary N) is 1.